The van der Waals surface area contributed by atoms with Crippen molar-refractivity contribution in [3.63, 3.8) is 0 Å². The highest BCUT2D eigenvalue weighted by Crippen LogP contribution is 2.28. The van der Waals surface area contributed by atoms with Crippen LogP contribution in [0.5, 0.6) is 0 Å². The molecule has 2 rings (SSSR count). The molecule has 1 atom stereocenters. The molecule has 0 bridgehead atoms. The lowest BCUT2D eigenvalue weighted by atomic mass is 10.0. The smallest absolute Gasteiger partial charge is 0.251 e. The van der Waals surface area contributed by atoms with Crippen LogP contribution in [-0.4, -0.2) is 36.9 Å². The molecular weight excluding hydrogens is 355 g/mol. The van der Waals surface area contributed by atoms with Crippen LogP contribution < -0.4 is 5.32 Å². The highest BCUT2D eigenvalue weighted by molar-refractivity contribution is 6.33. The summed E-state index contributed by atoms with van der Waals surface area (Å²) >= 11 is 6.11. The number of halogens is 2. The number of nitrogens with one attached hydrogen (secondary N) is 1. The lowest BCUT2D eigenvalue weighted by Crippen LogP contribution is -2.49. The van der Waals surface area contributed by atoms with Crippen molar-refractivity contribution in [3.05, 3.63) is 58.9 Å². The van der Waals surface area contributed by atoms with Crippen LogP contribution in [0.1, 0.15) is 24.2 Å². The van der Waals surface area contributed by atoms with Gasteiger partial charge in [-0.05, 0) is 41.8 Å². The van der Waals surface area contributed by atoms with Crippen molar-refractivity contribution in [2.24, 2.45) is 5.92 Å². The average molecular weight is 377 g/mol. The molecule has 0 saturated carbocycles. The molecule has 4 nitrogen and oxygen atoms in total. The molecule has 6 heteroatoms. The van der Waals surface area contributed by atoms with Gasteiger partial charge in [-0.25, -0.2) is 4.39 Å². The van der Waals surface area contributed by atoms with E-state index in [9.17, 15) is 14.0 Å². The second-order valence-electron chi connectivity index (χ2n) is 6.63. The Kier molecular flexibility index (Phi) is 6.37. The van der Waals surface area contributed by atoms with E-state index in [4.69, 9.17) is 11.6 Å². The summed E-state index contributed by atoms with van der Waals surface area (Å²) in [6.45, 7) is 3.75. The van der Waals surface area contributed by atoms with Crippen molar-refractivity contribution in [1.82, 2.24) is 10.2 Å². The summed E-state index contributed by atoms with van der Waals surface area (Å²) < 4.78 is 13.4. The molecule has 0 saturated heterocycles. The number of likely N-dealkylation sites (N-methyl/N-ethyl adjacent to an activating group) is 1. The summed E-state index contributed by atoms with van der Waals surface area (Å²) in [5.41, 5.74) is 1.68. The molecule has 1 unspecified atom stereocenters. The summed E-state index contributed by atoms with van der Waals surface area (Å²) in [5.74, 6) is -0.917. The van der Waals surface area contributed by atoms with Gasteiger partial charge in [0.05, 0.1) is 0 Å². The van der Waals surface area contributed by atoms with Crippen LogP contribution in [0.2, 0.25) is 5.02 Å². The maximum Gasteiger partial charge on any atom is 0.251 e. The van der Waals surface area contributed by atoms with Gasteiger partial charge >= 0.3 is 0 Å². The highest BCUT2D eigenvalue weighted by atomic mass is 35.5. The number of nitrogens with zero attached hydrogens (tertiary/aromatic N) is 1. The van der Waals surface area contributed by atoms with Crippen LogP contribution in [0.25, 0.3) is 11.1 Å². The van der Waals surface area contributed by atoms with E-state index in [1.165, 1.54) is 23.1 Å². The maximum atomic E-state index is 13.4. The van der Waals surface area contributed by atoms with Gasteiger partial charge in [-0.15, -0.1) is 0 Å². The van der Waals surface area contributed by atoms with Crippen molar-refractivity contribution in [3.8, 4) is 11.1 Å². The summed E-state index contributed by atoms with van der Waals surface area (Å²) in [4.78, 5) is 26.2. The fraction of sp³-hybridized carbons (Fsp3) is 0.300. The number of hydrogen-bond acceptors (Lipinski definition) is 2. The Balaban J connectivity index is 2.20. The van der Waals surface area contributed by atoms with E-state index in [0.717, 1.165) is 0 Å². The minimum Gasteiger partial charge on any atom is -0.347 e. The lowest BCUT2D eigenvalue weighted by molar-refractivity contribution is -0.131. The SMILES string of the molecule is CC(C)C(NC(=O)c1ccc(-c2cc(F)ccc2Cl)cc1)C(=O)N(C)C. The number of amides is 2. The number of carbonyl (C=O) groups is 2. The van der Waals surface area contributed by atoms with Crippen molar-refractivity contribution in [1.29, 1.82) is 0 Å². The summed E-state index contributed by atoms with van der Waals surface area (Å²) in [5, 5.41) is 3.21. The van der Waals surface area contributed by atoms with E-state index in [2.05, 4.69) is 5.32 Å². The van der Waals surface area contributed by atoms with Gasteiger partial charge in [-0.1, -0.05) is 37.6 Å². The largest absolute Gasteiger partial charge is 0.347 e. The van der Waals surface area contributed by atoms with Gasteiger partial charge < -0.3 is 10.2 Å². The Hall–Kier alpha value is -2.40. The Morgan fingerprint density at radius 1 is 1.08 bits per heavy atom. The number of carbonyl (C=O) groups excluding carboxylic acids is 2. The van der Waals surface area contributed by atoms with Crippen molar-refractivity contribution in [2.75, 3.05) is 14.1 Å². The van der Waals surface area contributed by atoms with E-state index in [-0.39, 0.29) is 23.5 Å². The molecule has 0 fully saturated rings. The monoisotopic (exact) mass is 376 g/mol. The van der Waals surface area contributed by atoms with Gasteiger partial charge in [-0.3, -0.25) is 9.59 Å². The van der Waals surface area contributed by atoms with Crippen LogP contribution in [0, 0.1) is 11.7 Å². The number of hydrogen-bond donors (Lipinski definition) is 1. The van der Waals surface area contributed by atoms with E-state index in [1.807, 2.05) is 13.8 Å². The van der Waals surface area contributed by atoms with Crippen molar-refractivity contribution in [2.45, 2.75) is 19.9 Å². The zero-order valence-electron chi connectivity index (χ0n) is 15.2. The summed E-state index contributed by atoms with van der Waals surface area (Å²) in [7, 11) is 3.31. The molecule has 0 aromatic heterocycles. The fourth-order valence-corrected chi connectivity index (χ4v) is 2.76. The minimum absolute atomic E-state index is 0.0424. The van der Waals surface area contributed by atoms with Gasteiger partial charge in [0, 0.05) is 30.2 Å². The first-order valence-electron chi connectivity index (χ1n) is 8.28. The Bertz CT molecular complexity index is 804. The predicted molar refractivity (Wildman–Crippen MR) is 102 cm³/mol. The number of rotatable bonds is 5. The first kappa shape index (κ1) is 19.9. The summed E-state index contributed by atoms with van der Waals surface area (Å²) in [6, 6.07) is 10.2. The van der Waals surface area contributed by atoms with Gasteiger partial charge in [0.1, 0.15) is 11.9 Å². The number of benzene rings is 2. The Morgan fingerprint density at radius 2 is 1.69 bits per heavy atom. The second kappa shape index (κ2) is 8.32. The standard InChI is InChI=1S/C20H22ClFN2O2/c1-12(2)18(20(26)24(3)4)23-19(25)14-7-5-13(6-8-14)16-11-15(22)9-10-17(16)21/h5-12,18H,1-4H3,(H,23,25). The molecule has 2 amide bonds. The van der Waals surface area contributed by atoms with Gasteiger partial charge in [0.15, 0.2) is 0 Å². The van der Waals surface area contributed by atoms with Crippen LogP contribution in [0.15, 0.2) is 42.5 Å². The zero-order valence-corrected chi connectivity index (χ0v) is 16.0. The first-order valence-corrected chi connectivity index (χ1v) is 8.66. The molecular formula is C20H22ClFN2O2. The van der Waals surface area contributed by atoms with E-state index >= 15 is 0 Å². The zero-order chi connectivity index (χ0) is 19.4. The molecule has 0 aliphatic heterocycles. The third kappa shape index (κ3) is 4.61. The molecule has 138 valence electrons. The molecule has 0 radical (unpaired) electrons. The van der Waals surface area contributed by atoms with Crippen LogP contribution in [-0.2, 0) is 4.79 Å². The van der Waals surface area contributed by atoms with Crippen LogP contribution in [0.4, 0.5) is 4.39 Å². The topological polar surface area (TPSA) is 49.4 Å². The van der Waals surface area contributed by atoms with E-state index in [1.54, 1.807) is 38.4 Å². The molecule has 2 aromatic rings. The molecule has 26 heavy (non-hydrogen) atoms. The van der Waals surface area contributed by atoms with Crippen LogP contribution >= 0.6 is 11.6 Å². The third-order valence-electron chi connectivity index (χ3n) is 4.05. The second-order valence-corrected chi connectivity index (χ2v) is 7.04. The molecule has 1 N–H and O–H groups in total. The van der Waals surface area contributed by atoms with E-state index in [0.29, 0.717) is 21.7 Å². The predicted octanol–water partition coefficient (Wildman–Crippen LogP) is 3.99. The highest BCUT2D eigenvalue weighted by Gasteiger charge is 2.25. The van der Waals surface area contributed by atoms with Crippen molar-refractivity contribution < 1.29 is 14.0 Å². The molecule has 0 aliphatic rings. The third-order valence-corrected chi connectivity index (χ3v) is 4.38. The molecule has 0 heterocycles. The van der Waals surface area contributed by atoms with Gasteiger partial charge in [0.25, 0.3) is 5.91 Å². The maximum absolute atomic E-state index is 13.4. The quantitative estimate of drug-likeness (QED) is 0.857. The fourth-order valence-electron chi connectivity index (χ4n) is 2.54. The van der Waals surface area contributed by atoms with E-state index < -0.39 is 6.04 Å². The van der Waals surface area contributed by atoms with Crippen molar-refractivity contribution >= 4 is 23.4 Å². The van der Waals surface area contributed by atoms with Crippen LogP contribution in [0.3, 0.4) is 0 Å². The molecule has 2 aromatic carbocycles. The lowest BCUT2D eigenvalue weighted by Gasteiger charge is -2.24. The average Bonchev–Trinajstić information content (AvgIpc) is 2.60. The van der Waals surface area contributed by atoms with Gasteiger partial charge in [0.2, 0.25) is 5.91 Å². The Labute approximate surface area is 158 Å². The molecule has 0 aliphatic carbocycles. The normalized spacial score (nSPS) is 12.0. The Morgan fingerprint density at radius 3 is 2.23 bits per heavy atom. The molecule has 0 spiro atoms. The summed E-state index contributed by atoms with van der Waals surface area (Å²) in [6.07, 6.45) is 0. The van der Waals surface area contributed by atoms with Gasteiger partial charge in [-0.2, -0.15) is 0 Å². The first-order chi connectivity index (χ1) is 12.2. The minimum atomic E-state index is -0.602.